The molecule has 0 bridgehead atoms. The van der Waals surface area contributed by atoms with Crippen molar-refractivity contribution in [3.8, 4) is 0 Å². The van der Waals surface area contributed by atoms with Crippen molar-refractivity contribution in [1.29, 1.82) is 5.41 Å². The second-order valence-corrected chi connectivity index (χ2v) is 7.41. The highest BCUT2D eigenvalue weighted by Gasteiger charge is 2.20. The third-order valence-electron chi connectivity index (χ3n) is 3.46. The fourth-order valence-corrected chi connectivity index (χ4v) is 3.43. The van der Waals surface area contributed by atoms with Gasteiger partial charge in [-0.05, 0) is 30.3 Å². The number of guanidine groups is 1. The number of benzene rings is 1. The Morgan fingerprint density at radius 3 is 2.61 bits per heavy atom. The number of anilines is 1. The summed E-state index contributed by atoms with van der Waals surface area (Å²) in [6.07, 6.45) is -0.310. The Morgan fingerprint density at radius 1 is 1.25 bits per heavy atom. The van der Waals surface area contributed by atoms with E-state index in [0.717, 1.165) is 0 Å². The normalized spacial score (nSPS) is 11.3. The van der Waals surface area contributed by atoms with Crippen LogP contribution < -0.4 is 21.7 Å². The zero-order valence-corrected chi connectivity index (χ0v) is 16.1. The molecule has 9 nitrogen and oxygen atoms in total. The molecule has 1 unspecified atom stereocenters. The van der Waals surface area contributed by atoms with Gasteiger partial charge in [0.1, 0.15) is 0 Å². The highest BCUT2D eigenvalue weighted by molar-refractivity contribution is 7.16. The SMILES string of the molecule is N=C(N)Nc1cccc(C(=O)NCC(=O)NC(CC(=O)O)c2ccc(Cl)s2)c1. The predicted molar refractivity (Wildman–Crippen MR) is 107 cm³/mol. The molecule has 1 heterocycles. The minimum atomic E-state index is -1.08. The molecule has 0 fully saturated rings. The van der Waals surface area contributed by atoms with Crippen LogP contribution in [0.15, 0.2) is 36.4 Å². The van der Waals surface area contributed by atoms with Crippen molar-refractivity contribution in [3.63, 3.8) is 0 Å². The smallest absolute Gasteiger partial charge is 0.305 e. The molecular formula is C17H18ClN5O4S. The van der Waals surface area contributed by atoms with E-state index >= 15 is 0 Å². The third-order valence-corrected chi connectivity index (χ3v) is 4.81. The van der Waals surface area contributed by atoms with Crippen LogP contribution in [-0.4, -0.2) is 35.4 Å². The molecule has 148 valence electrons. The summed E-state index contributed by atoms with van der Waals surface area (Å²) in [5.74, 6) is -2.39. The summed E-state index contributed by atoms with van der Waals surface area (Å²) in [6, 6.07) is 8.77. The molecule has 0 aliphatic carbocycles. The summed E-state index contributed by atoms with van der Waals surface area (Å²) in [5, 5.41) is 23.8. The van der Waals surface area contributed by atoms with E-state index in [4.69, 9.17) is 27.9 Å². The largest absolute Gasteiger partial charge is 0.481 e. The lowest BCUT2D eigenvalue weighted by molar-refractivity contribution is -0.137. The minimum absolute atomic E-state index is 0.268. The quantitative estimate of drug-likeness (QED) is 0.280. The average Bonchev–Trinajstić information content (AvgIpc) is 3.05. The summed E-state index contributed by atoms with van der Waals surface area (Å²) in [4.78, 5) is 36.0. The fraction of sp³-hybridized carbons (Fsp3) is 0.176. The topological polar surface area (TPSA) is 157 Å². The first-order chi connectivity index (χ1) is 13.2. The molecule has 2 amide bonds. The maximum Gasteiger partial charge on any atom is 0.305 e. The summed E-state index contributed by atoms with van der Waals surface area (Å²) >= 11 is 7.04. The summed E-state index contributed by atoms with van der Waals surface area (Å²) in [7, 11) is 0. The second kappa shape index (κ2) is 9.72. The van der Waals surface area contributed by atoms with Crippen molar-refractivity contribution in [2.24, 2.45) is 5.73 Å². The van der Waals surface area contributed by atoms with E-state index in [1.165, 1.54) is 17.4 Å². The molecule has 0 aliphatic rings. The number of carboxylic acids is 1. The molecule has 0 saturated heterocycles. The van der Waals surface area contributed by atoms with Crippen molar-refractivity contribution in [2.45, 2.75) is 12.5 Å². The maximum atomic E-state index is 12.2. The van der Waals surface area contributed by atoms with Gasteiger partial charge in [-0.2, -0.15) is 0 Å². The van der Waals surface area contributed by atoms with E-state index in [0.29, 0.717) is 14.9 Å². The molecule has 2 rings (SSSR count). The number of carbonyl (C=O) groups is 3. The van der Waals surface area contributed by atoms with E-state index in [9.17, 15) is 14.4 Å². The number of amides is 2. The third kappa shape index (κ3) is 6.56. The number of nitrogens with one attached hydrogen (secondary N) is 4. The Bertz CT molecular complexity index is 901. The highest BCUT2D eigenvalue weighted by atomic mass is 35.5. The summed E-state index contributed by atoms with van der Waals surface area (Å²) in [5.41, 5.74) is 5.98. The number of thiophene rings is 1. The van der Waals surface area contributed by atoms with Crippen LogP contribution in [0.5, 0.6) is 0 Å². The van der Waals surface area contributed by atoms with Gasteiger partial charge in [-0.3, -0.25) is 19.8 Å². The first-order valence-corrected chi connectivity index (χ1v) is 9.19. The minimum Gasteiger partial charge on any atom is -0.481 e. The zero-order valence-electron chi connectivity index (χ0n) is 14.5. The number of carboxylic acid groups (broad SMARTS) is 1. The molecule has 1 atom stereocenters. The van der Waals surface area contributed by atoms with Crippen LogP contribution in [0.25, 0.3) is 0 Å². The van der Waals surface area contributed by atoms with Gasteiger partial charge in [0.25, 0.3) is 5.91 Å². The Hall–Kier alpha value is -3.11. The lowest BCUT2D eigenvalue weighted by atomic mass is 10.1. The number of hydrogen-bond acceptors (Lipinski definition) is 5. The summed E-state index contributed by atoms with van der Waals surface area (Å²) in [6.45, 7) is -0.335. The summed E-state index contributed by atoms with van der Waals surface area (Å²) < 4.78 is 0.479. The van der Waals surface area contributed by atoms with Gasteiger partial charge in [-0.15, -0.1) is 11.3 Å². The Morgan fingerprint density at radius 2 is 2.00 bits per heavy atom. The number of rotatable bonds is 8. The van der Waals surface area contributed by atoms with Gasteiger partial charge in [-0.1, -0.05) is 17.7 Å². The predicted octanol–water partition coefficient (Wildman–Crippen LogP) is 1.77. The fourth-order valence-electron chi connectivity index (χ4n) is 2.31. The van der Waals surface area contributed by atoms with Gasteiger partial charge in [0.05, 0.1) is 23.3 Å². The Labute approximate surface area is 169 Å². The second-order valence-electron chi connectivity index (χ2n) is 5.66. The molecule has 1 aromatic heterocycles. The van der Waals surface area contributed by atoms with Crippen molar-refractivity contribution >= 4 is 52.4 Å². The standard InChI is InChI=1S/C17H18ClN5O4S/c18-13-5-4-12(28-13)11(7-15(25)26)23-14(24)8-21-16(27)9-2-1-3-10(6-9)22-17(19)20/h1-6,11H,7-8H2,(H,21,27)(H,23,24)(H,25,26)(H4,19,20,22). The van der Waals surface area contributed by atoms with Gasteiger partial charge < -0.3 is 26.8 Å². The van der Waals surface area contributed by atoms with Crippen LogP contribution in [0.1, 0.15) is 27.7 Å². The Kier molecular flexibility index (Phi) is 7.36. The van der Waals surface area contributed by atoms with Crippen LogP contribution in [-0.2, 0) is 9.59 Å². The number of aliphatic carboxylic acids is 1. The molecule has 7 N–H and O–H groups in total. The molecular weight excluding hydrogens is 406 g/mol. The van der Waals surface area contributed by atoms with Gasteiger partial charge in [0.15, 0.2) is 5.96 Å². The number of hydrogen-bond donors (Lipinski definition) is 6. The number of nitrogens with two attached hydrogens (primary N) is 1. The van der Waals surface area contributed by atoms with Crippen molar-refractivity contribution in [2.75, 3.05) is 11.9 Å². The molecule has 2 aromatic rings. The molecule has 11 heteroatoms. The van der Waals surface area contributed by atoms with Gasteiger partial charge in [0.2, 0.25) is 5.91 Å². The first-order valence-electron chi connectivity index (χ1n) is 8.00. The Balaban J connectivity index is 1.95. The molecule has 1 aromatic carbocycles. The van der Waals surface area contributed by atoms with Gasteiger partial charge in [0, 0.05) is 16.1 Å². The van der Waals surface area contributed by atoms with Crippen LogP contribution in [0.4, 0.5) is 5.69 Å². The lowest BCUT2D eigenvalue weighted by Crippen LogP contribution is -2.39. The van der Waals surface area contributed by atoms with Crippen molar-refractivity contribution in [1.82, 2.24) is 10.6 Å². The number of carbonyl (C=O) groups excluding carboxylic acids is 2. The molecule has 28 heavy (non-hydrogen) atoms. The van der Waals surface area contributed by atoms with E-state index in [1.54, 1.807) is 30.3 Å². The van der Waals surface area contributed by atoms with Gasteiger partial charge >= 0.3 is 5.97 Å². The lowest BCUT2D eigenvalue weighted by Gasteiger charge is -2.16. The maximum absolute atomic E-state index is 12.2. The van der Waals surface area contributed by atoms with Gasteiger partial charge in [-0.25, -0.2) is 0 Å². The van der Waals surface area contributed by atoms with Crippen LogP contribution in [0.2, 0.25) is 4.34 Å². The van der Waals surface area contributed by atoms with Crippen LogP contribution >= 0.6 is 22.9 Å². The monoisotopic (exact) mass is 423 g/mol. The van der Waals surface area contributed by atoms with E-state index < -0.39 is 23.8 Å². The van der Waals surface area contributed by atoms with Crippen LogP contribution in [0, 0.1) is 5.41 Å². The molecule has 0 radical (unpaired) electrons. The van der Waals surface area contributed by atoms with Crippen molar-refractivity contribution < 1.29 is 19.5 Å². The zero-order chi connectivity index (χ0) is 20.7. The van der Waals surface area contributed by atoms with E-state index in [-0.39, 0.29) is 24.5 Å². The first kappa shape index (κ1) is 21.2. The highest BCUT2D eigenvalue weighted by Crippen LogP contribution is 2.28. The average molecular weight is 424 g/mol. The van der Waals surface area contributed by atoms with Crippen LogP contribution in [0.3, 0.4) is 0 Å². The molecule has 0 aliphatic heterocycles. The van der Waals surface area contributed by atoms with Crippen molar-refractivity contribution in [3.05, 3.63) is 51.2 Å². The molecule has 0 saturated carbocycles. The number of halogens is 1. The molecule has 0 spiro atoms. The van der Waals surface area contributed by atoms with E-state index in [1.807, 2.05) is 0 Å². The van der Waals surface area contributed by atoms with E-state index in [2.05, 4.69) is 16.0 Å².